The number of ether oxygens (including phenoxy) is 1. The molecule has 1 aromatic carbocycles. The molecule has 1 heterocycles. The minimum absolute atomic E-state index is 0.189. The van der Waals surface area contributed by atoms with Crippen molar-refractivity contribution in [2.45, 2.75) is 12.8 Å². The molecule has 1 amide bonds. The fourth-order valence-electron chi connectivity index (χ4n) is 2.32. The van der Waals surface area contributed by atoms with Crippen LogP contribution in [0, 0.1) is 17.2 Å². The third-order valence-electron chi connectivity index (χ3n) is 3.48. The molecule has 1 atom stereocenters. The zero-order valence-corrected chi connectivity index (χ0v) is 11.5. The molecule has 1 fully saturated rings. The number of hydrogen-bond donors (Lipinski definition) is 1. The lowest BCUT2D eigenvalue weighted by Crippen LogP contribution is -2.44. The van der Waals surface area contributed by atoms with Crippen molar-refractivity contribution in [3.63, 3.8) is 0 Å². The number of carbonyl (C=O) groups is 2. The molecule has 6 nitrogen and oxygen atoms in total. The van der Waals surface area contributed by atoms with E-state index in [1.807, 2.05) is 6.07 Å². The average Bonchev–Trinajstić information content (AvgIpc) is 2.52. The topological polar surface area (TPSA) is 90.6 Å². The fourth-order valence-corrected chi connectivity index (χ4v) is 2.32. The number of para-hydroxylation sites is 1. The van der Waals surface area contributed by atoms with Crippen molar-refractivity contribution in [1.29, 1.82) is 5.26 Å². The Morgan fingerprint density at radius 1 is 1.43 bits per heavy atom. The highest BCUT2D eigenvalue weighted by Crippen LogP contribution is 2.19. The lowest BCUT2D eigenvalue weighted by Gasteiger charge is -2.30. The van der Waals surface area contributed by atoms with Crippen LogP contribution in [0.4, 0.5) is 0 Å². The van der Waals surface area contributed by atoms with Crippen molar-refractivity contribution >= 4 is 11.9 Å². The van der Waals surface area contributed by atoms with Crippen LogP contribution in [-0.4, -0.2) is 41.6 Å². The van der Waals surface area contributed by atoms with Crippen molar-refractivity contribution in [3.05, 3.63) is 29.8 Å². The van der Waals surface area contributed by atoms with Crippen LogP contribution in [0.25, 0.3) is 0 Å². The summed E-state index contributed by atoms with van der Waals surface area (Å²) in [7, 11) is 0. The SMILES string of the molecule is N#Cc1ccccc1OCC(=O)N1CCC[C@@H](C(=O)O)C1. The highest BCUT2D eigenvalue weighted by atomic mass is 16.5. The van der Waals surface area contributed by atoms with Crippen molar-refractivity contribution in [3.8, 4) is 11.8 Å². The molecule has 1 aliphatic rings. The summed E-state index contributed by atoms with van der Waals surface area (Å²) < 4.78 is 5.38. The summed E-state index contributed by atoms with van der Waals surface area (Å²) in [6.45, 7) is 0.578. The van der Waals surface area contributed by atoms with Gasteiger partial charge in [-0.05, 0) is 25.0 Å². The lowest BCUT2D eigenvalue weighted by molar-refractivity contribution is -0.146. The molecule has 0 unspecified atom stereocenters. The molecule has 110 valence electrons. The largest absolute Gasteiger partial charge is 0.482 e. The van der Waals surface area contributed by atoms with Gasteiger partial charge in [-0.25, -0.2) is 0 Å². The highest BCUT2D eigenvalue weighted by Gasteiger charge is 2.28. The predicted molar refractivity (Wildman–Crippen MR) is 73.6 cm³/mol. The maximum Gasteiger partial charge on any atom is 0.308 e. The van der Waals surface area contributed by atoms with Crippen LogP contribution in [-0.2, 0) is 9.59 Å². The summed E-state index contributed by atoms with van der Waals surface area (Å²) in [6.07, 6.45) is 1.27. The molecule has 0 spiro atoms. The van der Waals surface area contributed by atoms with Gasteiger partial charge in [-0.15, -0.1) is 0 Å². The van der Waals surface area contributed by atoms with Crippen LogP contribution < -0.4 is 4.74 Å². The molecule has 6 heteroatoms. The summed E-state index contributed by atoms with van der Waals surface area (Å²) in [4.78, 5) is 24.6. The van der Waals surface area contributed by atoms with Gasteiger partial charge in [0, 0.05) is 13.1 Å². The van der Waals surface area contributed by atoms with E-state index in [4.69, 9.17) is 15.1 Å². The second-order valence-electron chi connectivity index (χ2n) is 4.91. The molecule has 0 saturated carbocycles. The number of aliphatic carboxylic acids is 1. The molecular formula is C15H16N2O4. The minimum atomic E-state index is -0.872. The Hall–Kier alpha value is -2.55. The second kappa shape index (κ2) is 6.75. The van der Waals surface area contributed by atoms with Crippen LogP contribution >= 0.6 is 0 Å². The number of carboxylic acids is 1. The van der Waals surface area contributed by atoms with E-state index in [1.54, 1.807) is 24.3 Å². The lowest BCUT2D eigenvalue weighted by atomic mass is 9.98. The molecule has 21 heavy (non-hydrogen) atoms. The number of nitriles is 1. The smallest absolute Gasteiger partial charge is 0.308 e. The average molecular weight is 288 g/mol. The van der Waals surface area contributed by atoms with Crippen LogP contribution in [0.3, 0.4) is 0 Å². The summed E-state index contributed by atoms with van der Waals surface area (Å²) >= 11 is 0. The number of piperidine rings is 1. The number of benzene rings is 1. The molecule has 1 aromatic rings. The molecule has 1 N–H and O–H groups in total. The van der Waals surface area contributed by atoms with Gasteiger partial charge in [0.1, 0.15) is 11.8 Å². The third kappa shape index (κ3) is 3.72. The van der Waals surface area contributed by atoms with E-state index < -0.39 is 11.9 Å². The van der Waals surface area contributed by atoms with Gasteiger partial charge in [0.2, 0.25) is 0 Å². The first-order valence-corrected chi connectivity index (χ1v) is 6.74. The van der Waals surface area contributed by atoms with Gasteiger partial charge < -0.3 is 14.7 Å². The molecule has 1 aliphatic heterocycles. The summed E-state index contributed by atoms with van der Waals surface area (Å²) in [5.41, 5.74) is 0.368. The van der Waals surface area contributed by atoms with Crippen molar-refractivity contribution < 1.29 is 19.4 Å². The van der Waals surface area contributed by atoms with E-state index in [0.717, 1.165) is 0 Å². The molecule has 0 aromatic heterocycles. The highest BCUT2D eigenvalue weighted by molar-refractivity contribution is 5.79. The second-order valence-corrected chi connectivity index (χ2v) is 4.91. The normalized spacial score (nSPS) is 17.9. The number of amides is 1. The van der Waals surface area contributed by atoms with E-state index in [1.165, 1.54) is 4.90 Å². The van der Waals surface area contributed by atoms with E-state index in [-0.39, 0.29) is 19.1 Å². The first-order valence-electron chi connectivity index (χ1n) is 6.74. The molecular weight excluding hydrogens is 272 g/mol. The van der Waals surface area contributed by atoms with Gasteiger partial charge in [-0.1, -0.05) is 12.1 Å². The first kappa shape index (κ1) is 14.9. The number of carbonyl (C=O) groups excluding carboxylic acids is 1. The van der Waals surface area contributed by atoms with Gasteiger partial charge in [-0.2, -0.15) is 5.26 Å². The summed E-state index contributed by atoms with van der Waals surface area (Å²) in [5.74, 6) is -1.27. The van der Waals surface area contributed by atoms with Crippen LogP contribution in [0.15, 0.2) is 24.3 Å². The number of nitrogens with zero attached hydrogens (tertiary/aromatic N) is 2. The maximum absolute atomic E-state index is 12.1. The fraction of sp³-hybridized carbons (Fsp3) is 0.400. The maximum atomic E-state index is 12.1. The van der Waals surface area contributed by atoms with Crippen LogP contribution in [0.5, 0.6) is 5.75 Å². The molecule has 2 rings (SSSR count). The van der Waals surface area contributed by atoms with E-state index in [2.05, 4.69) is 0 Å². The molecule has 0 radical (unpaired) electrons. The zero-order chi connectivity index (χ0) is 15.2. The molecule has 0 aliphatic carbocycles. The third-order valence-corrected chi connectivity index (χ3v) is 3.48. The van der Waals surface area contributed by atoms with Gasteiger partial charge >= 0.3 is 5.97 Å². The predicted octanol–water partition coefficient (Wildman–Crippen LogP) is 1.26. The Kier molecular flexibility index (Phi) is 4.77. The number of likely N-dealkylation sites (tertiary alicyclic amines) is 1. The van der Waals surface area contributed by atoms with Gasteiger partial charge in [0.05, 0.1) is 11.5 Å². The summed E-state index contributed by atoms with van der Waals surface area (Å²) in [6, 6.07) is 8.67. The number of hydrogen-bond acceptors (Lipinski definition) is 4. The van der Waals surface area contributed by atoms with Gasteiger partial charge in [0.25, 0.3) is 5.91 Å². The Balaban J connectivity index is 1.93. The van der Waals surface area contributed by atoms with E-state index in [0.29, 0.717) is 30.7 Å². The van der Waals surface area contributed by atoms with Crippen molar-refractivity contribution in [1.82, 2.24) is 4.90 Å². The standard InChI is InChI=1S/C15H16N2O4/c16-8-11-4-1-2-6-13(11)21-10-14(18)17-7-3-5-12(9-17)15(19)20/h1-2,4,6,12H,3,5,7,9-10H2,(H,19,20)/t12-/m1/s1. The van der Waals surface area contributed by atoms with E-state index >= 15 is 0 Å². The zero-order valence-electron chi connectivity index (χ0n) is 11.5. The van der Waals surface area contributed by atoms with Crippen molar-refractivity contribution in [2.75, 3.05) is 19.7 Å². The quantitative estimate of drug-likeness (QED) is 0.900. The van der Waals surface area contributed by atoms with Crippen molar-refractivity contribution in [2.24, 2.45) is 5.92 Å². The number of carboxylic acid groups (broad SMARTS) is 1. The summed E-state index contributed by atoms with van der Waals surface area (Å²) in [5, 5.41) is 17.9. The van der Waals surface area contributed by atoms with Crippen LogP contribution in [0.1, 0.15) is 18.4 Å². The minimum Gasteiger partial charge on any atom is -0.482 e. The van der Waals surface area contributed by atoms with Gasteiger partial charge in [-0.3, -0.25) is 9.59 Å². The Morgan fingerprint density at radius 2 is 2.19 bits per heavy atom. The Morgan fingerprint density at radius 3 is 2.90 bits per heavy atom. The first-order chi connectivity index (χ1) is 10.1. The molecule has 1 saturated heterocycles. The Bertz CT molecular complexity index is 579. The monoisotopic (exact) mass is 288 g/mol. The molecule has 0 bridgehead atoms. The van der Waals surface area contributed by atoms with Gasteiger partial charge in [0.15, 0.2) is 6.61 Å². The van der Waals surface area contributed by atoms with Crippen LogP contribution in [0.2, 0.25) is 0 Å². The Labute approximate surface area is 122 Å². The number of rotatable bonds is 4. The van der Waals surface area contributed by atoms with E-state index in [9.17, 15) is 9.59 Å².